The van der Waals surface area contributed by atoms with Gasteiger partial charge in [0, 0.05) is 12.5 Å². The number of anilines is 1. The van der Waals surface area contributed by atoms with Gasteiger partial charge in [0.15, 0.2) is 0 Å². The Morgan fingerprint density at radius 1 is 1.50 bits per heavy atom. The third kappa shape index (κ3) is 1.61. The second-order valence-electron chi connectivity index (χ2n) is 4.89. The van der Waals surface area contributed by atoms with Crippen LogP contribution in [0.1, 0.15) is 44.4 Å². The summed E-state index contributed by atoms with van der Waals surface area (Å²) in [7, 11) is 0. The molecule has 2 fully saturated rings. The highest BCUT2D eigenvalue weighted by atomic mass is 16.5. The zero-order valence-electron chi connectivity index (χ0n) is 8.42. The molecule has 2 saturated carbocycles. The first-order chi connectivity index (χ1) is 6.75. The first kappa shape index (κ1) is 8.26. The summed E-state index contributed by atoms with van der Waals surface area (Å²) in [6.07, 6.45) is 5.04. The van der Waals surface area contributed by atoms with Crippen LogP contribution in [0.25, 0.3) is 0 Å². The zero-order chi connectivity index (χ0) is 9.60. The molecule has 4 nitrogen and oxygen atoms in total. The van der Waals surface area contributed by atoms with E-state index >= 15 is 0 Å². The second kappa shape index (κ2) is 2.72. The first-order valence-corrected chi connectivity index (χ1v) is 5.33. The number of hydrogen-bond acceptors (Lipinski definition) is 4. The van der Waals surface area contributed by atoms with Gasteiger partial charge in [0.25, 0.3) is 5.95 Å². The van der Waals surface area contributed by atoms with Crippen LogP contribution in [-0.2, 0) is 0 Å². The molecule has 2 aliphatic rings. The minimum atomic E-state index is 0.486. The van der Waals surface area contributed by atoms with Crippen LogP contribution in [0.2, 0.25) is 0 Å². The van der Waals surface area contributed by atoms with E-state index in [-0.39, 0.29) is 0 Å². The molecule has 3 rings (SSSR count). The fourth-order valence-corrected chi connectivity index (χ4v) is 1.49. The van der Waals surface area contributed by atoms with Gasteiger partial charge < -0.3 is 9.84 Å². The standard InChI is InChI=1S/C10H15N3O/c1-10(4-5-10)6-11-9-12-8(14-13-9)7-2-3-7/h7H,2-6H2,1H3,(H,11,13). The molecule has 1 aromatic heterocycles. The molecule has 0 amide bonds. The van der Waals surface area contributed by atoms with Crippen LogP contribution in [0.15, 0.2) is 4.52 Å². The smallest absolute Gasteiger partial charge is 0.263 e. The largest absolute Gasteiger partial charge is 0.351 e. The summed E-state index contributed by atoms with van der Waals surface area (Å²) in [6, 6.07) is 0. The van der Waals surface area contributed by atoms with Gasteiger partial charge in [-0.3, -0.25) is 0 Å². The molecule has 1 aromatic rings. The minimum Gasteiger partial charge on any atom is -0.351 e. The molecule has 0 saturated heterocycles. The van der Waals surface area contributed by atoms with Gasteiger partial charge >= 0.3 is 0 Å². The SMILES string of the molecule is CC1(CNc2noc(C3CC3)n2)CC1. The van der Waals surface area contributed by atoms with Gasteiger partial charge in [0.2, 0.25) is 5.89 Å². The summed E-state index contributed by atoms with van der Waals surface area (Å²) >= 11 is 0. The van der Waals surface area contributed by atoms with Gasteiger partial charge in [0.05, 0.1) is 0 Å². The molecular weight excluding hydrogens is 178 g/mol. The molecule has 1 heterocycles. The average Bonchev–Trinajstić information content (AvgIpc) is 3.08. The van der Waals surface area contributed by atoms with Gasteiger partial charge in [-0.25, -0.2) is 0 Å². The van der Waals surface area contributed by atoms with E-state index in [1.54, 1.807) is 0 Å². The van der Waals surface area contributed by atoms with Crippen molar-refractivity contribution in [1.29, 1.82) is 0 Å². The van der Waals surface area contributed by atoms with Gasteiger partial charge in [-0.05, 0) is 36.3 Å². The van der Waals surface area contributed by atoms with Crippen LogP contribution < -0.4 is 5.32 Å². The van der Waals surface area contributed by atoms with Crippen molar-refractivity contribution in [2.75, 3.05) is 11.9 Å². The first-order valence-electron chi connectivity index (χ1n) is 5.33. The number of nitrogens with zero attached hydrogens (tertiary/aromatic N) is 2. The van der Waals surface area contributed by atoms with Crippen LogP contribution in [0.5, 0.6) is 0 Å². The number of rotatable bonds is 4. The Labute approximate surface area is 83.1 Å². The van der Waals surface area contributed by atoms with E-state index in [1.807, 2.05) is 0 Å². The Morgan fingerprint density at radius 2 is 2.29 bits per heavy atom. The predicted molar refractivity (Wildman–Crippen MR) is 52.1 cm³/mol. The highest BCUT2D eigenvalue weighted by Crippen LogP contribution is 2.44. The number of aromatic nitrogens is 2. The lowest BCUT2D eigenvalue weighted by Gasteiger charge is -2.06. The molecule has 0 bridgehead atoms. The molecule has 4 heteroatoms. The molecule has 1 N–H and O–H groups in total. The number of hydrogen-bond donors (Lipinski definition) is 1. The van der Waals surface area contributed by atoms with Gasteiger partial charge in [-0.2, -0.15) is 4.98 Å². The summed E-state index contributed by atoms with van der Waals surface area (Å²) in [5.41, 5.74) is 0.486. The van der Waals surface area contributed by atoms with Crippen molar-refractivity contribution < 1.29 is 4.52 Å². The van der Waals surface area contributed by atoms with Gasteiger partial charge in [-0.1, -0.05) is 6.92 Å². The molecular formula is C10H15N3O. The van der Waals surface area contributed by atoms with Gasteiger partial charge in [-0.15, -0.1) is 0 Å². The summed E-state index contributed by atoms with van der Waals surface area (Å²) < 4.78 is 5.15. The Kier molecular flexibility index (Phi) is 1.60. The van der Waals surface area contributed by atoms with Crippen LogP contribution in [0.4, 0.5) is 5.95 Å². The van der Waals surface area contributed by atoms with Crippen molar-refractivity contribution in [3.8, 4) is 0 Å². The van der Waals surface area contributed by atoms with Gasteiger partial charge in [0.1, 0.15) is 0 Å². The molecule has 76 valence electrons. The lowest BCUT2D eigenvalue weighted by molar-refractivity contribution is 0.380. The fraction of sp³-hybridized carbons (Fsp3) is 0.800. The molecule has 0 radical (unpaired) electrons. The summed E-state index contributed by atoms with van der Waals surface area (Å²) in [4.78, 5) is 4.31. The van der Waals surface area contributed by atoms with Crippen molar-refractivity contribution in [1.82, 2.24) is 10.1 Å². The van der Waals surface area contributed by atoms with E-state index in [4.69, 9.17) is 4.52 Å². The van der Waals surface area contributed by atoms with Crippen molar-refractivity contribution >= 4 is 5.95 Å². The quantitative estimate of drug-likeness (QED) is 0.796. The van der Waals surface area contributed by atoms with E-state index in [9.17, 15) is 0 Å². The maximum atomic E-state index is 5.15. The number of nitrogens with one attached hydrogen (secondary N) is 1. The second-order valence-corrected chi connectivity index (χ2v) is 4.89. The van der Waals surface area contributed by atoms with Crippen LogP contribution in [0.3, 0.4) is 0 Å². The van der Waals surface area contributed by atoms with Crippen molar-refractivity contribution in [3.05, 3.63) is 5.89 Å². The van der Waals surface area contributed by atoms with Crippen LogP contribution in [0, 0.1) is 5.41 Å². The maximum Gasteiger partial charge on any atom is 0.263 e. The Bertz CT molecular complexity index is 339. The van der Waals surface area contributed by atoms with E-state index < -0.39 is 0 Å². The molecule has 2 aliphatic carbocycles. The normalized spacial score (nSPS) is 23.5. The summed E-state index contributed by atoms with van der Waals surface area (Å²) in [5.74, 6) is 2.03. The van der Waals surface area contributed by atoms with Crippen LogP contribution >= 0.6 is 0 Å². The van der Waals surface area contributed by atoms with E-state index in [1.165, 1.54) is 25.7 Å². The Hall–Kier alpha value is -1.06. The molecule has 14 heavy (non-hydrogen) atoms. The van der Waals surface area contributed by atoms with Crippen LogP contribution in [-0.4, -0.2) is 16.7 Å². The molecule has 0 atom stereocenters. The third-order valence-corrected chi connectivity index (χ3v) is 3.15. The van der Waals surface area contributed by atoms with Crippen molar-refractivity contribution in [2.24, 2.45) is 5.41 Å². The third-order valence-electron chi connectivity index (χ3n) is 3.15. The Balaban J connectivity index is 1.59. The maximum absolute atomic E-state index is 5.15. The molecule has 0 unspecified atom stereocenters. The van der Waals surface area contributed by atoms with E-state index in [2.05, 4.69) is 22.4 Å². The lowest BCUT2D eigenvalue weighted by Crippen LogP contribution is -2.12. The fourth-order valence-electron chi connectivity index (χ4n) is 1.49. The molecule has 0 aromatic carbocycles. The predicted octanol–water partition coefficient (Wildman–Crippen LogP) is 2.16. The summed E-state index contributed by atoms with van der Waals surface area (Å²) in [5, 5.41) is 7.15. The highest BCUT2D eigenvalue weighted by Gasteiger charge is 2.37. The van der Waals surface area contributed by atoms with E-state index in [0.29, 0.717) is 17.3 Å². The molecule has 0 aliphatic heterocycles. The zero-order valence-corrected chi connectivity index (χ0v) is 8.42. The topological polar surface area (TPSA) is 51.0 Å². The Morgan fingerprint density at radius 3 is 2.93 bits per heavy atom. The average molecular weight is 193 g/mol. The lowest BCUT2D eigenvalue weighted by atomic mass is 10.1. The minimum absolute atomic E-state index is 0.486. The highest BCUT2D eigenvalue weighted by molar-refractivity contribution is 5.24. The summed E-state index contributed by atoms with van der Waals surface area (Å²) in [6.45, 7) is 3.25. The van der Waals surface area contributed by atoms with Crippen molar-refractivity contribution in [2.45, 2.75) is 38.5 Å². The molecule has 0 spiro atoms. The van der Waals surface area contributed by atoms with E-state index in [0.717, 1.165) is 12.4 Å². The van der Waals surface area contributed by atoms with Crippen molar-refractivity contribution in [3.63, 3.8) is 0 Å². The monoisotopic (exact) mass is 193 g/mol.